The molecule has 9 nitrogen and oxygen atoms in total. The van der Waals surface area contributed by atoms with Crippen LogP contribution >= 0.6 is 0 Å². The van der Waals surface area contributed by atoms with Crippen molar-refractivity contribution in [3.05, 3.63) is 30.0 Å². The van der Waals surface area contributed by atoms with E-state index in [4.69, 9.17) is 9.47 Å². The van der Waals surface area contributed by atoms with E-state index < -0.39 is 10.0 Å². The lowest BCUT2D eigenvalue weighted by molar-refractivity contribution is -0.146. The first kappa shape index (κ1) is 27.1. The summed E-state index contributed by atoms with van der Waals surface area (Å²) in [5.74, 6) is 0.491. The number of morpholine rings is 1. The molecular weight excluding hydrogens is 506 g/mol. The Hall–Kier alpha value is -2.43. The third-order valence-electron chi connectivity index (χ3n) is 8.27. The van der Waals surface area contributed by atoms with Crippen molar-refractivity contribution in [3.8, 4) is 0 Å². The smallest absolute Gasteiger partial charge is 0.306 e. The van der Waals surface area contributed by atoms with Crippen molar-refractivity contribution in [2.24, 2.45) is 18.9 Å². The first-order valence-corrected chi connectivity index (χ1v) is 15.4. The summed E-state index contributed by atoms with van der Waals surface area (Å²) in [4.78, 5) is 27.4. The fourth-order valence-electron chi connectivity index (χ4n) is 6.04. The average Bonchev–Trinajstić information content (AvgIpc) is 3.71. The second-order valence-electron chi connectivity index (χ2n) is 10.9. The molecule has 208 valence electrons. The van der Waals surface area contributed by atoms with Crippen LogP contribution in [0.3, 0.4) is 0 Å². The van der Waals surface area contributed by atoms with Gasteiger partial charge in [0.05, 0.1) is 30.8 Å². The number of nitrogens with one attached hydrogen (secondary N) is 1. The summed E-state index contributed by atoms with van der Waals surface area (Å²) in [6, 6.07) is 5.16. The number of amides is 1. The van der Waals surface area contributed by atoms with Crippen LogP contribution < -0.4 is 4.72 Å². The van der Waals surface area contributed by atoms with E-state index in [2.05, 4.69) is 4.72 Å². The van der Waals surface area contributed by atoms with Crippen molar-refractivity contribution in [3.63, 3.8) is 0 Å². The molecule has 1 aromatic carbocycles. The number of rotatable bonds is 9. The number of nitrogens with zero attached hydrogens (tertiary/aromatic N) is 2. The lowest BCUT2D eigenvalue weighted by Crippen LogP contribution is -2.52. The van der Waals surface area contributed by atoms with Crippen LogP contribution in [0.5, 0.6) is 0 Å². The topological polar surface area (TPSA) is 107 Å². The number of esters is 1. The van der Waals surface area contributed by atoms with Crippen molar-refractivity contribution in [2.75, 3.05) is 26.4 Å². The third kappa shape index (κ3) is 5.92. The number of hydrogen-bond acceptors (Lipinski definition) is 6. The van der Waals surface area contributed by atoms with Crippen LogP contribution in [-0.4, -0.2) is 68.2 Å². The van der Waals surface area contributed by atoms with Crippen molar-refractivity contribution < 1.29 is 27.5 Å². The molecule has 2 saturated carbocycles. The Morgan fingerprint density at radius 2 is 1.89 bits per heavy atom. The van der Waals surface area contributed by atoms with Crippen LogP contribution in [-0.2, 0) is 42.6 Å². The van der Waals surface area contributed by atoms with Gasteiger partial charge in [0.25, 0.3) is 0 Å². The lowest BCUT2D eigenvalue weighted by Gasteiger charge is -2.39. The molecule has 1 aromatic heterocycles. The Kier molecular flexibility index (Phi) is 8.11. The molecule has 1 N–H and O–H groups in total. The van der Waals surface area contributed by atoms with Gasteiger partial charge in [0.1, 0.15) is 0 Å². The minimum Gasteiger partial charge on any atom is -0.466 e. The zero-order valence-electron chi connectivity index (χ0n) is 22.4. The molecule has 0 radical (unpaired) electrons. The minimum absolute atomic E-state index is 0.0438. The molecule has 1 atom stereocenters. The maximum Gasteiger partial charge on any atom is 0.306 e. The van der Waals surface area contributed by atoms with Gasteiger partial charge in [-0.1, -0.05) is 0 Å². The molecular formula is C28H39N3O6S. The van der Waals surface area contributed by atoms with Crippen LogP contribution in [0.4, 0.5) is 0 Å². The number of sulfonamides is 1. The van der Waals surface area contributed by atoms with E-state index in [9.17, 15) is 18.0 Å². The quantitative estimate of drug-likeness (QED) is 0.485. The van der Waals surface area contributed by atoms with Crippen LogP contribution in [0.2, 0.25) is 0 Å². The van der Waals surface area contributed by atoms with Gasteiger partial charge in [0, 0.05) is 49.1 Å². The molecule has 2 aromatic rings. The molecule has 0 unspecified atom stereocenters. The molecule has 1 saturated heterocycles. The van der Waals surface area contributed by atoms with E-state index in [1.165, 1.54) is 12.8 Å². The monoisotopic (exact) mass is 545 g/mol. The summed E-state index contributed by atoms with van der Waals surface area (Å²) in [6.07, 6.45) is 7.69. The minimum atomic E-state index is -3.73. The molecule has 5 rings (SSSR count). The predicted octanol–water partition coefficient (Wildman–Crippen LogP) is 3.15. The van der Waals surface area contributed by atoms with Gasteiger partial charge in [-0.15, -0.1) is 0 Å². The van der Waals surface area contributed by atoms with E-state index in [1.807, 2.05) is 28.8 Å². The molecule has 38 heavy (non-hydrogen) atoms. The second-order valence-corrected chi connectivity index (χ2v) is 12.6. The highest BCUT2D eigenvalue weighted by molar-refractivity contribution is 7.89. The van der Waals surface area contributed by atoms with E-state index in [0.717, 1.165) is 16.5 Å². The lowest BCUT2D eigenvalue weighted by atomic mass is 9.85. The number of aryl methyl sites for hydroxylation is 2. The molecule has 2 aliphatic carbocycles. The SMILES string of the molecule is CCOC(=O)CCc1cn(C)c2ccc(S(=O)(=O)N[C@H]3CC[C@H](C(=O)N4CCOC[C@@H]4C4CC4)CC3)cc12. The highest BCUT2D eigenvalue weighted by Gasteiger charge is 2.41. The normalized spacial score (nSPS) is 24.5. The summed E-state index contributed by atoms with van der Waals surface area (Å²) in [5.41, 5.74) is 1.83. The molecule has 0 spiro atoms. The molecule has 3 aliphatic rings. The number of hydrogen-bond donors (Lipinski definition) is 1. The maximum absolute atomic E-state index is 13.3. The van der Waals surface area contributed by atoms with Crippen LogP contribution in [0, 0.1) is 11.8 Å². The number of benzene rings is 1. The largest absolute Gasteiger partial charge is 0.466 e. The summed E-state index contributed by atoms with van der Waals surface area (Å²) >= 11 is 0. The molecule has 3 fully saturated rings. The number of carbonyl (C=O) groups is 2. The molecule has 10 heteroatoms. The highest BCUT2D eigenvalue weighted by atomic mass is 32.2. The van der Waals surface area contributed by atoms with Gasteiger partial charge in [-0.25, -0.2) is 13.1 Å². The number of aromatic nitrogens is 1. The van der Waals surface area contributed by atoms with E-state index in [-0.39, 0.29) is 41.2 Å². The fraction of sp³-hybridized carbons (Fsp3) is 0.643. The zero-order chi connectivity index (χ0) is 26.9. The summed E-state index contributed by atoms with van der Waals surface area (Å²) < 4.78 is 42.2. The molecule has 0 bridgehead atoms. The Morgan fingerprint density at radius 3 is 2.61 bits per heavy atom. The van der Waals surface area contributed by atoms with E-state index in [0.29, 0.717) is 64.4 Å². The second kappa shape index (κ2) is 11.4. The molecule has 1 amide bonds. The molecule has 2 heterocycles. The first-order valence-electron chi connectivity index (χ1n) is 13.9. The van der Waals surface area contributed by atoms with Gasteiger partial charge >= 0.3 is 5.97 Å². The summed E-state index contributed by atoms with van der Waals surface area (Å²) in [6.45, 7) is 4.02. The van der Waals surface area contributed by atoms with Gasteiger partial charge in [-0.2, -0.15) is 0 Å². The fourth-order valence-corrected chi connectivity index (χ4v) is 7.37. The van der Waals surface area contributed by atoms with Gasteiger partial charge in [-0.05, 0) is 81.5 Å². The first-order chi connectivity index (χ1) is 18.3. The van der Waals surface area contributed by atoms with Crippen molar-refractivity contribution in [2.45, 2.75) is 75.3 Å². The Labute approximate surface area is 224 Å². The summed E-state index contributed by atoms with van der Waals surface area (Å²) in [7, 11) is -1.82. The Morgan fingerprint density at radius 1 is 1.13 bits per heavy atom. The van der Waals surface area contributed by atoms with Gasteiger partial charge in [0.15, 0.2) is 0 Å². The Balaban J connectivity index is 1.21. The third-order valence-corrected chi connectivity index (χ3v) is 9.79. The van der Waals surface area contributed by atoms with E-state index in [1.54, 1.807) is 19.1 Å². The standard InChI is InChI=1S/C28H39N3O6S/c1-3-37-27(32)13-8-21-17-30(2)25-12-11-23(16-24(21)25)38(34,35)29-22-9-6-20(7-10-22)28(33)31-14-15-36-18-26(31)19-4-5-19/h11-12,16-17,19-20,22,26,29H,3-10,13-15,18H2,1-2H3/t20-,22-,26-/m1/s1. The van der Waals surface area contributed by atoms with Crippen molar-refractivity contribution in [1.29, 1.82) is 0 Å². The van der Waals surface area contributed by atoms with Crippen molar-refractivity contribution >= 4 is 32.8 Å². The summed E-state index contributed by atoms with van der Waals surface area (Å²) in [5, 5.41) is 0.824. The van der Waals surface area contributed by atoms with Crippen molar-refractivity contribution in [1.82, 2.24) is 14.2 Å². The highest BCUT2D eigenvalue weighted by Crippen LogP contribution is 2.38. The van der Waals surface area contributed by atoms with Gasteiger partial charge in [-0.3, -0.25) is 9.59 Å². The van der Waals surface area contributed by atoms with Crippen LogP contribution in [0.15, 0.2) is 29.3 Å². The number of ether oxygens (including phenoxy) is 2. The van der Waals surface area contributed by atoms with Crippen LogP contribution in [0.25, 0.3) is 10.9 Å². The predicted molar refractivity (Wildman–Crippen MR) is 143 cm³/mol. The number of fused-ring (bicyclic) bond motifs is 1. The van der Waals surface area contributed by atoms with Gasteiger partial charge in [0.2, 0.25) is 15.9 Å². The van der Waals surface area contributed by atoms with E-state index >= 15 is 0 Å². The number of carbonyl (C=O) groups excluding carboxylic acids is 2. The maximum atomic E-state index is 13.3. The van der Waals surface area contributed by atoms with Crippen LogP contribution in [0.1, 0.15) is 57.4 Å². The van der Waals surface area contributed by atoms with Gasteiger partial charge < -0.3 is 18.9 Å². The Bertz CT molecular complexity index is 1280. The molecule has 1 aliphatic heterocycles. The average molecular weight is 546 g/mol. The zero-order valence-corrected chi connectivity index (χ0v) is 23.2.